The second-order valence-corrected chi connectivity index (χ2v) is 7.12. The third-order valence-corrected chi connectivity index (χ3v) is 5.76. The zero-order valence-corrected chi connectivity index (χ0v) is 12.5. The van der Waals surface area contributed by atoms with Gasteiger partial charge in [0.1, 0.15) is 0 Å². The average molecular weight is 283 g/mol. The van der Waals surface area contributed by atoms with E-state index < -0.39 is 0 Å². The maximum absolute atomic E-state index is 12.5. The van der Waals surface area contributed by atoms with Crippen LogP contribution in [0.15, 0.2) is 0 Å². The summed E-state index contributed by atoms with van der Waals surface area (Å²) in [6.45, 7) is 6.45. The molecule has 1 unspecified atom stereocenters. The average Bonchev–Trinajstić information content (AvgIpc) is 2.98. The molecule has 0 aromatic heterocycles. The first-order valence-corrected chi connectivity index (χ1v) is 8.81. The number of rotatable bonds is 2. The standard InChI is InChI=1S/C14H25N3OS/c18-14(12-2-9-19-10-3-12)17-6-1-13(11-17)16-7-4-15-5-8-16/h12-13,15H,1-11H2. The Hall–Kier alpha value is -0.260. The van der Waals surface area contributed by atoms with Gasteiger partial charge in [0.25, 0.3) is 0 Å². The molecule has 0 spiro atoms. The minimum absolute atomic E-state index is 0.322. The first-order valence-electron chi connectivity index (χ1n) is 7.66. The van der Waals surface area contributed by atoms with Gasteiger partial charge < -0.3 is 10.2 Å². The van der Waals surface area contributed by atoms with E-state index in [0.717, 1.165) is 52.1 Å². The van der Waals surface area contributed by atoms with Gasteiger partial charge in [-0.3, -0.25) is 9.69 Å². The third kappa shape index (κ3) is 3.26. The fraction of sp³-hybridized carbons (Fsp3) is 0.929. The molecule has 1 atom stereocenters. The minimum atomic E-state index is 0.322. The highest BCUT2D eigenvalue weighted by atomic mass is 32.2. The fourth-order valence-electron chi connectivity index (χ4n) is 3.49. The zero-order valence-electron chi connectivity index (χ0n) is 11.6. The smallest absolute Gasteiger partial charge is 0.225 e. The van der Waals surface area contributed by atoms with Gasteiger partial charge in [0, 0.05) is 51.2 Å². The molecule has 3 fully saturated rings. The van der Waals surface area contributed by atoms with E-state index in [9.17, 15) is 4.79 Å². The summed E-state index contributed by atoms with van der Waals surface area (Å²) in [4.78, 5) is 17.2. The van der Waals surface area contributed by atoms with Gasteiger partial charge in [-0.15, -0.1) is 0 Å². The number of piperazine rings is 1. The normalized spacial score (nSPS) is 30.7. The van der Waals surface area contributed by atoms with Gasteiger partial charge in [0.05, 0.1) is 0 Å². The fourth-order valence-corrected chi connectivity index (χ4v) is 4.60. The van der Waals surface area contributed by atoms with Crippen LogP contribution in [0, 0.1) is 5.92 Å². The Kier molecular flexibility index (Phi) is 4.66. The van der Waals surface area contributed by atoms with Gasteiger partial charge in [-0.25, -0.2) is 0 Å². The van der Waals surface area contributed by atoms with Gasteiger partial charge in [0.15, 0.2) is 0 Å². The van der Waals surface area contributed by atoms with Crippen LogP contribution in [0.1, 0.15) is 19.3 Å². The molecule has 1 N–H and O–H groups in total. The van der Waals surface area contributed by atoms with Crippen molar-refractivity contribution in [1.29, 1.82) is 0 Å². The lowest BCUT2D eigenvalue weighted by Gasteiger charge is -2.33. The lowest BCUT2D eigenvalue weighted by Crippen LogP contribution is -2.49. The summed E-state index contributed by atoms with van der Waals surface area (Å²) in [5.41, 5.74) is 0. The highest BCUT2D eigenvalue weighted by molar-refractivity contribution is 7.99. The van der Waals surface area contributed by atoms with Crippen molar-refractivity contribution in [2.75, 3.05) is 50.8 Å². The largest absolute Gasteiger partial charge is 0.341 e. The molecule has 3 heterocycles. The third-order valence-electron chi connectivity index (χ3n) is 4.71. The second kappa shape index (κ2) is 6.46. The highest BCUT2D eigenvalue weighted by Crippen LogP contribution is 2.26. The molecular formula is C14H25N3OS. The van der Waals surface area contributed by atoms with E-state index in [0.29, 0.717) is 17.9 Å². The Bertz CT molecular complexity index is 314. The first-order chi connectivity index (χ1) is 9.34. The summed E-state index contributed by atoms with van der Waals surface area (Å²) >= 11 is 2.00. The molecule has 3 rings (SSSR count). The molecule has 3 aliphatic heterocycles. The number of amides is 1. The molecule has 0 saturated carbocycles. The summed E-state index contributed by atoms with van der Waals surface area (Å²) in [5.74, 6) is 3.11. The van der Waals surface area contributed by atoms with Crippen molar-refractivity contribution in [1.82, 2.24) is 15.1 Å². The Balaban J connectivity index is 1.51. The van der Waals surface area contributed by atoms with Crippen LogP contribution in [0.25, 0.3) is 0 Å². The van der Waals surface area contributed by atoms with Crippen molar-refractivity contribution in [3.05, 3.63) is 0 Å². The summed E-state index contributed by atoms with van der Waals surface area (Å²) in [6.07, 6.45) is 3.36. The number of nitrogens with one attached hydrogen (secondary N) is 1. The molecule has 4 nitrogen and oxygen atoms in total. The van der Waals surface area contributed by atoms with Crippen LogP contribution in [0.2, 0.25) is 0 Å². The van der Waals surface area contributed by atoms with Crippen molar-refractivity contribution < 1.29 is 4.79 Å². The Labute approximate surface area is 120 Å². The SMILES string of the molecule is O=C(C1CCSCC1)N1CCC(N2CCNCC2)C1. The summed E-state index contributed by atoms with van der Waals surface area (Å²) in [5, 5.41) is 3.40. The molecule has 0 radical (unpaired) electrons. The number of hydrogen-bond acceptors (Lipinski definition) is 4. The molecular weight excluding hydrogens is 258 g/mol. The predicted molar refractivity (Wildman–Crippen MR) is 79.5 cm³/mol. The van der Waals surface area contributed by atoms with E-state index in [1.807, 2.05) is 11.8 Å². The van der Waals surface area contributed by atoms with E-state index in [1.54, 1.807) is 0 Å². The van der Waals surface area contributed by atoms with Gasteiger partial charge in [-0.1, -0.05) is 0 Å². The molecule has 1 amide bonds. The topological polar surface area (TPSA) is 35.6 Å². The number of likely N-dealkylation sites (tertiary alicyclic amines) is 1. The molecule has 3 aliphatic rings. The number of carbonyl (C=O) groups is 1. The molecule has 0 bridgehead atoms. The van der Waals surface area contributed by atoms with E-state index in [2.05, 4.69) is 15.1 Å². The van der Waals surface area contributed by atoms with Crippen LogP contribution < -0.4 is 5.32 Å². The Morgan fingerprint density at radius 2 is 1.79 bits per heavy atom. The minimum Gasteiger partial charge on any atom is -0.341 e. The summed E-state index contributed by atoms with van der Waals surface area (Å²) in [6, 6.07) is 0.615. The van der Waals surface area contributed by atoms with Crippen molar-refractivity contribution in [3.63, 3.8) is 0 Å². The number of hydrogen-bond donors (Lipinski definition) is 1. The maximum atomic E-state index is 12.5. The molecule has 108 valence electrons. The summed E-state index contributed by atoms with van der Waals surface area (Å²) < 4.78 is 0. The molecule has 0 aliphatic carbocycles. The summed E-state index contributed by atoms with van der Waals surface area (Å²) in [7, 11) is 0. The molecule has 19 heavy (non-hydrogen) atoms. The van der Waals surface area contributed by atoms with E-state index in [4.69, 9.17) is 0 Å². The number of thioether (sulfide) groups is 1. The first kappa shape index (κ1) is 13.7. The number of nitrogens with zero attached hydrogens (tertiary/aromatic N) is 2. The van der Waals surface area contributed by atoms with Gasteiger partial charge in [-0.2, -0.15) is 11.8 Å². The lowest BCUT2D eigenvalue weighted by molar-refractivity contribution is -0.134. The van der Waals surface area contributed by atoms with Crippen molar-refractivity contribution in [2.45, 2.75) is 25.3 Å². The molecule has 5 heteroatoms. The van der Waals surface area contributed by atoms with Crippen molar-refractivity contribution >= 4 is 17.7 Å². The number of carbonyl (C=O) groups excluding carboxylic acids is 1. The Morgan fingerprint density at radius 3 is 2.53 bits per heavy atom. The molecule has 0 aromatic carbocycles. The van der Waals surface area contributed by atoms with Crippen molar-refractivity contribution in [3.8, 4) is 0 Å². The van der Waals surface area contributed by atoms with Crippen LogP contribution in [0.3, 0.4) is 0 Å². The predicted octanol–water partition coefficient (Wildman–Crippen LogP) is 0.636. The zero-order chi connectivity index (χ0) is 13.1. The Morgan fingerprint density at radius 1 is 1.05 bits per heavy atom. The van der Waals surface area contributed by atoms with E-state index in [-0.39, 0.29) is 0 Å². The van der Waals surface area contributed by atoms with Crippen LogP contribution in [0.4, 0.5) is 0 Å². The molecule has 0 aromatic rings. The van der Waals surface area contributed by atoms with Crippen molar-refractivity contribution in [2.24, 2.45) is 5.92 Å². The van der Waals surface area contributed by atoms with Gasteiger partial charge in [0.2, 0.25) is 5.91 Å². The second-order valence-electron chi connectivity index (χ2n) is 5.90. The van der Waals surface area contributed by atoms with Crippen LogP contribution in [-0.2, 0) is 4.79 Å². The quantitative estimate of drug-likeness (QED) is 0.806. The van der Waals surface area contributed by atoms with Crippen LogP contribution in [0.5, 0.6) is 0 Å². The maximum Gasteiger partial charge on any atom is 0.225 e. The van der Waals surface area contributed by atoms with Crippen LogP contribution >= 0.6 is 11.8 Å². The van der Waals surface area contributed by atoms with E-state index >= 15 is 0 Å². The van der Waals surface area contributed by atoms with Crippen LogP contribution in [-0.4, -0.2) is 72.5 Å². The van der Waals surface area contributed by atoms with E-state index in [1.165, 1.54) is 17.9 Å². The van der Waals surface area contributed by atoms with Gasteiger partial charge >= 0.3 is 0 Å². The van der Waals surface area contributed by atoms with Gasteiger partial charge in [-0.05, 0) is 30.8 Å². The monoisotopic (exact) mass is 283 g/mol. The highest BCUT2D eigenvalue weighted by Gasteiger charge is 2.34. The molecule has 3 saturated heterocycles. The lowest BCUT2D eigenvalue weighted by atomic mass is 10.0.